The third kappa shape index (κ3) is 3.45. The van der Waals surface area contributed by atoms with Crippen LogP contribution in [0, 0.1) is 5.92 Å². The summed E-state index contributed by atoms with van der Waals surface area (Å²) in [4.78, 5) is 6.69. The first-order valence-electron chi connectivity index (χ1n) is 6.57. The SMILES string of the molecule is CNCC1CCN(c2ncccc2S(C)(=O)=O)CC1. The molecule has 1 fully saturated rings. The third-order valence-electron chi connectivity index (χ3n) is 3.56. The van der Waals surface area contributed by atoms with Gasteiger partial charge in [-0.3, -0.25) is 0 Å². The number of anilines is 1. The normalized spacial score (nSPS) is 17.7. The van der Waals surface area contributed by atoms with E-state index in [1.165, 1.54) is 6.26 Å². The zero-order valence-corrected chi connectivity index (χ0v) is 12.3. The summed E-state index contributed by atoms with van der Waals surface area (Å²) in [5.74, 6) is 1.28. The first-order valence-corrected chi connectivity index (χ1v) is 8.46. The largest absolute Gasteiger partial charge is 0.356 e. The number of nitrogens with zero attached hydrogens (tertiary/aromatic N) is 2. The molecule has 0 unspecified atom stereocenters. The number of aromatic nitrogens is 1. The van der Waals surface area contributed by atoms with Gasteiger partial charge in [0.15, 0.2) is 9.84 Å². The Bertz CT molecular complexity index is 522. The van der Waals surface area contributed by atoms with Gasteiger partial charge < -0.3 is 10.2 Å². The van der Waals surface area contributed by atoms with Gasteiger partial charge in [0, 0.05) is 25.5 Å². The highest BCUT2D eigenvalue weighted by Gasteiger charge is 2.24. The van der Waals surface area contributed by atoms with Crippen LogP contribution in [0.5, 0.6) is 0 Å². The molecule has 0 spiro atoms. The van der Waals surface area contributed by atoms with Gasteiger partial charge in [0.05, 0.1) is 0 Å². The number of nitrogens with one attached hydrogen (secondary N) is 1. The predicted molar refractivity (Wildman–Crippen MR) is 76.2 cm³/mol. The molecule has 2 rings (SSSR count). The lowest BCUT2D eigenvalue weighted by Gasteiger charge is -2.33. The Kier molecular flexibility index (Phi) is 4.42. The van der Waals surface area contributed by atoms with Gasteiger partial charge >= 0.3 is 0 Å². The van der Waals surface area contributed by atoms with E-state index in [1.807, 2.05) is 7.05 Å². The maximum Gasteiger partial charge on any atom is 0.179 e. The summed E-state index contributed by atoms with van der Waals surface area (Å²) in [7, 11) is -1.26. The lowest BCUT2D eigenvalue weighted by molar-refractivity contribution is 0.391. The summed E-state index contributed by atoms with van der Waals surface area (Å²) in [5, 5.41) is 3.20. The molecule has 2 heterocycles. The summed E-state index contributed by atoms with van der Waals surface area (Å²) in [6, 6.07) is 3.31. The van der Waals surface area contributed by atoms with E-state index in [0.29, 0.717) is 16.6 Å². The van der Waals surface area contributed by atoms with Crippen LogP contribution in [0.4, 0.5) is 5.82 Å². The topological polar surface area (TPSA) is 62.3 Å². The molecule has 0 aromatic carbocycles. The summed E-state index contributed by atoms with van der Waals surface area (Å²) in [6.07, 6.45) is 5.03. The molecule has 0 radical (unpaired) electrons. The van der Waals surface area contributed by atoms with Crippen molar-refractivity contribution >= 4 is 15.7 Å². The number of piperidine rings is 1. The molecule has 0 atom stereocenters. The fraction of sp³-hybridized carbons (Fsp3) is 0.615. The first-order chi connectivity index (χ1) is 9.02. The van der Waals surface area contributed by atoms with Crippen LogP contribution in [0.15, 0.2) is 23.2 Å². The highest BCUT2D eigenvalue weighted by Crippen LogP contribution is 2.26. The number of sulfone groups is 1. The second kappa shape index (κ2) is 5.88. The van der Waals surface area contributed by atoms with Crippen LogP contribution in [0.2, 0.25) is 0 Å². The van der Waals surface area contributed by atoms with E-state index in [9.17, 15) is 8.42 Å². The maximum atomic E-state index is 11.8. The summed E-state index contributed by atoms with van der Waals surface area (Å²) in [6.45, 7) is 2.76. The molecule has 0 saturated carbocycles. The van der Waals surface area contributed by atoms with Gasteiger partial charge in [0.1, 0.15) is 10.7 Å². The Morgan fingerprint density at radius 2 is 2.11 bits per heavy atom. The number of pyridine rings is 1. The molecule has 0 aliphatic carbocycles. The van der Waals surface area contributed by atoms with Crippen molar-refractivity contribution in [3.05, 3.63) is 18.3 Å². The van der Waals surface area contributed by atoms with Crippen LogP contribution in [-0.2, 0) is 9.84 Å². The van der Waals surface area contributed by atoms with E-state index in [2.05, 4.69) is 15.2 Å². The van der Waals surface area contributed by atoms with E-state index in [0.717, 1.165) is 32.5 Å². The summed E-state index contributed by atoms with van der Waals surface area (Å²) in [5.41, 5.74) is 0. The summed E-state index contributed by atoms with van der Waals surface area (Å²) < 4.78 is 23.6. The number of rotatable bonds is 4. The standard InChI is InChI=1S/C13H21N3O2S/c1-14-10-11-5-8-16(9-6-11)13-12(19(2,17)18)4-3-7-15-13/h3-4,7,11,14H,5-6,8-10H2,1-2H3. The van der Waals surface area contributed by atoms with Crippen LogP contribution in [-0.4, -0.2) is 46.3 Å². The smallest absolute Gasteiger partial charge is 0.179 e. The maximum absolute atomic E-state index is 11.8. The number of hydrogen-bond acceptors (Lipinski definition) is 5. The lowest BCUT2D eigenvalue weighted by atomic mass is 9.97. The fourth-order valence-electron chi connectivity index (χ4n) is 2.55. The minimum absolute atomic E-state index is 0.335. The van der Waals surface area contributed by atoms with Crippen LogP contribution in [0.25, 0.3) is 0 Å². The van der Waals surface area contributed by atoms with Gasteiger partial charge in [-0.1, -0.05) is 0 Å². The average Bonchev–Trinajstić information content (AvgIpc) is 2.39. The van der Waals surface area contributed by atoms with E-state index in [4.69, 9.17) is 0 Å². The Morgan fingerprint density at radius 3 is 2.68 bits per heavy atom. The molecule has 0 bridgehead atoms. The van der Waals surface area contributed by atoms with Crippen LogP contribution in [0.3, 0.4) is 0 Å². The first kappa shape index (κ1) is 14.3. The molecule has 1 N–H and O–H groups in total. The highest BCUT2D eigenvalue weighted by atomic mass is 32.2. The van der Waals surface area contributed by atoms with Crippen molar-refractivity contribution in [1.29, 1.82) is 0 Å². The molecular weight excluding hydrogens is 262 g/mol. The third-order valence-corrected chi connectivity index (χ3v) is 4.67. The molecule has 0 amide bonds. The zero-order valence-electron chi connectivity index (χ0n) is 11.5. The molecular formula is C13H21N3O2S. The second-order valence-electron chi connectivity index (χ2n) is 5.09. The monoisotopic (exact) mass is 283 g/mol. The van der Waals surface area contributed by atoms with Gasteiger partial charge in [-0.05, 0) is 44.5 Å². The molecule has 1 aromatic rings. The molecule has 5 nitrogen and oxygen atoms in total. The van der Waals surface area contributed by atoms with Crippen LogP contribution >= 0.6 is 0 Å². The lowest BCUT2D eigenvalue weighted by Crippen LogP contribution is -2.37. The number of hydrogen-bond donors (Lipinski definition) is 1. The van der Waals surface area contributed by atoms with Crippen molar-refractivity contribution in [2.75, 3.05) is 37.8 Å². The molecule has 1 saturated heterocycles. The quantitative estimate of drug-likeness (QED) is 0.890. The Hall–Kier alpha value is -1.14. The van der Waals surface area contributed by atoms with Crippen LogP contribution < -0.4 is 10.2 Å². The Morgan fingerprint density at radius 1 is 1.42 bits per heavy atom. The molecule has 19 heavy (non-hydrogen) atoms. The van der Waals surface area contributed by atoms with Crippen molar-refractivity contribution < 1.29 is 8.42 Å². The van der Waals surface area contributed by atoms with E-state index in [1.54, 1.807) is 18.3 Å². The molecule has 1 aromatic heterocycles. The summed E-state index contributed by atoms with van der Waals surface area (Å²) >= 11 is 0. The highest BCUT2D eigenvalue weighted by molar-refractivity contribution is 7.90. The fourth-order valence-corrected chi connectivity index (χ4v) is 3.39. The minimum Gasteiger partial charge on any atom is -0.356 e. The molecule has 106 valence electrons. The van der Waals surface area contributed by atoms with Gasteiger partial charge in [-0.2, -0.15) is 0 Å². The van der Waals surface area contributed by atoms with Gasteiger partial charge in [0.25, 0.3) is 0 Å². The zero-order chi connectivity index (χ0) is 13.9. The van der Waals surface area contributed by atoms with Crippen molar-refractivity contribution in [2.45, 2.75) is 17.7 Å². The Balaban J connectivity index is 2.16. The van der Waals surface area contributed by atoms with Crippen molar-refractivity contribution in [1.82, 2.24) is 10.3 Å². The van der Waals surface area contributed by atoms with E-state index >= 15 is 0 Å². The molecule has 1 aliphatic heterocycles. The van der Waals surface area contributed by atoms with Crippen molar-refractivity contribution in [3.8, 4) is 0 Å². The Labute approximate surface area is 114 Å². The van der Waals surface area contributed by atoms with E-state index in [-0.39, 0.29) is 0 Å². The average molecular weight is 283 g/mol. The molecule has 1 aliphatic rings. The minimum atomic E-state index is -3.22. The predicted octanol–water partition coefficient (Wildman–Crippen LogP) is 0.921. The van der Waals surface area contributed by atoms with E-state index < -0.39 is 9.84 Å². The second-order valence-corrected chi connectivity index (χ2v) is 7.07. The van der Waals surface area contributed by atoms with Crippen LogP contribution in [0.1, 0.15) is 12.8 Å². The van der Waals surface area contributed by atoms with Crippen molar-refractivity contribution in [3.63, 3.8) is 0 Å². The molecule has 6 heteroatoms. The van der Waals surface area contributed by atoms with Gasteiger partial charge in [-0.25, -0.2) is 13.4 Å². The van der Waals surface area contributed by atoms with Crippen molar-refractivity contribution in [2.24, 2.45) is 5.92 Å². The van der Waals surface area contributed by atoms with Gasteiger partial charge in [-0.15, -0.1) is 0 Å². The van der Waals surface area contributed by atoms with Gasteiger partial charge in [0.2, 0.25) is 0 Å².